The molecule has 6 fully saturated rings. The lowest BCUT2D eigenvalue weighted by Crippen LogP contribution is -2.65. The Bertz CT molecular complexity index is 959. The average molecular weight is 534 g/mol. The molecule has 0 aromatic rings. The van der Waals surface area contributed by atoms with Gasteiger partial charge in [-0.25, -0.2) is 4.39 Å². The van der Waals surface area contributed by atoms with Crippen LogP contribution in [-0.2, 0) is 18.9 Å². The van der Waals surface area contributed by atoms with Gasteiger partial charge in [-0.15, -0.1) is 0 Å². The van der Waals surface area contributed by atoms with Crippen LogP contribution in [0.4, 0.5) is 4.39 Å². The third kappa shape index (κ3) is 4.43. The second-order valence-electron chi connectivity index (χ2n) is 14.9. The number of carbonyl (C=O) groups is 2. The van der Waals surface area contributed by atoms with Gasteiger partial charge in [-0.3, -0.25) is 9.59 Å². The standard InChI is InChI=1S/C29H49BFN3O4/c1-16(35)33-29(25(36)34-26(2,3)4)15-17-12-20(32-8)24(31)23(17)19(29)10-9-11-30-37-22-14-18-13-21(27(18,5)6)28(22,7)38-30/h17-24,32H,9-15H2,1-8H3,(H,33,35)(H,34,36)/t17-,18+,19+,20?,21+,22-,23-,24+,28+,29+/m1/s1. The van der Waals surface area contributed by atoms with Gasteiger partial charge in [0, 0.05) is 24.4 Å². The van der Waals surface area contributed by atoms with Crippen LogP contribution < -0.4 is 16.0 Å². The summed E-state index contributed by atoms with van der Waals surface area (Å²) in [6, 6.07) is -0.215. The van der Waals surface area contributed by atoms with E-state index in [2.05, 4.69) is 36.7 Å². The van der Waals surface area contributed by atoms with Crippen LogP contribution in [-0.4, -0.2) is 61.0 Å². The Morgan fingerprint density at radius 2 is 1.84 bits per heavy atom. The van der Waals surface area contributed by atoms with Crippen molar-refractivity contribution in [2.24, 2.45) is 35.0 Å². The van der Waals surface area contributed by atoms with E-state index in [0.29, 0.717) is 42.8 Å². The van der Waals surface area contributed by atoms with E-state index < -0.39 is 17.2 Å². The Kier molecular flexibility index (Phi) is 7.04. The van der Waals surface area contributed by atoms with E-state index in [9.17, 15) is 9.59 Å². The van der Waals surface area contributed by atoms with Gasteiger partial charge in [0.15, 0.2) is 0 Å². The summed E-state index contributed by atoms with van der Waals surface area (Å²) in [6.07, 6.45) is 4.59. The van der Waals surface area contributed by atoms with E-state index in [-0.39, 0.29) is 54.4 Å². The van der Waals surface area contributed by atoms with Crippen molar-refractivity contribution in [3.63, 3.8) is 0 Å². The molecule has 6 aliphatic rings. The molecule has 0 aromatic carbocycles. The van der Waals surface area contributed by atoms with Gasteiger partial charge in [-0.05, 0) is 102 Å². The highest BCUT2D eigenvalue weighted by Crippen LogP contribution is 2.66. The summed E-state index contributed by atoms with van der Waals surface area (Å²) in [4.78, 5) is 26.3. The number of hydrogen-bond donors (Lipinski definition) is 3. The van der Waals surface area contributed by atoms with Gasteiger partial charge in [0.1, 0.15) is 11.7 Å². The van der Waals surface area contributed by atoms with Gasteiger partial charge < -0.3 is 25.3 Å². The first-order valence-corrected chi connectivity index (χ1v) is 14.9. The third-order valence-corrected chi connectivity index (χ3v) is 11.2. The SMILES string of the molecule is CNC1C[C@@H]2C[C@@](NC(C)=O)(C(=O)NC(C)(C)C)[C@@H](CCCB3O[C@@H]4C[C@@H]5C[C@@H](C5(C)C)[C@]4(C)O3)[C@@H]2[C@H]1F. The maximum absolute atomic E-state index is 15.8. The van der Waals surface area contributed by atoms with Crippen molar-refractivity contribution in [1.82, 2.24) is 16.0 Å². The van der Waals surface area contributed by atoms with E-state index in [4.69, 9.17) is 9.31 Å². The molecule has 0 aromatic heterocycles. The molecule has 6 rings (SSSR count). The van der Waals surface area contributed by atoms with Gasteiger partial charge in [-0.1, -0.05) is 20.3 Å². The number of hydrogen-bond acceptors (Lipinski definition) is 5. The molecule has 1 aliphatic heterocycles. The number of halogens is 1. The topological polar surface area (TPSA) is 88.7 Å². The van der Waals surface area contributed by atoms with Gasteiger partial charge in [0.2, 0.25) is 11.8 Å². The van der Waals surface area contributed by atoms with E-state index in [0.717, 1.165) is 12.8 Å². The van der Waals surface area contributed by atoms with E-state index in [1.807, 2.05) is 20.8 Å². The maximum atomic E-state index is 15.8. The van der Waals surface area contributed by atoms with Gasteiger partial charge in [0.05, 0.1) is 11.7 Å². The molecule has 7 nitrogen and oxygen atoms in total. The van der Waals surface area contributed by atoms with Crippen molar-refractivity contribution < 1.29 is 23.3 Å². The van der Waals surface area contributed by atoms with Crippen LogP contribution in [0.3, 0.4) is 0 Å². The monoisotopic (exact) mass is 533 g/mol. The van der Waals surface area contributed by atoms with Crippen molar-refractivity contribution in [3.8, 4) is 0 Å². The van der Waals surface area contributed by atoms with E-state index >= 15 is 4.39 Å². The average Bonchev–Trinajstić information content (AvgIpc) is 3.40. The number of fused-ring (bicyclic) bond motifs is 1. The van der Waals surface area contributed by atoms with Gasteiger partial charge in [-0.2, -0.15) is 0 Å². The molecule has 2 bridgehead atoms. The minimum absolute atomic E-state index is 0.0415. The fourth-order valence-electron chi connectivity index (χ4n) is 9.33. The smallest absolute Gasteiger partial charge is 0.405 e. The van der Waals surface area contributed by atoms with Gasteiger partial charge in [0.25, 0.3) is 0 Å². The summed E-state index contributed by atoms with van der Waals surface area (Å²) >= 11 is 0. The molecule has 5 aliphatic carbocycles. The van der Waals surface area contributed by atoms with E-state index in [1.54, 1.807) is 7.05 Å². The van der Waals surface area contributed by atoms with Crippen LogP contribution in [0.25, 0.3) is 0 Å². The van der Waals surface area contributed by atoms with Gasteiger partial charge >= 0.3 is 7.12 Å². The van der Waals surface area contributed by atoms with Crippen molar-refractivity contribution in [1.29, 1.82) is 0 Å². The molecule has 10 atom stereocenters. The van der Waals surface area contributed by atoms with Crippen molar-refractivity contribution in [3.05, 3.63) is 0 Å². The van der Waals surface area contributed by atoms with Crippen molar-refractivity contribution in [2.45, 2.75) is 128 Å². The number of carbonyl (C=O) groups excluding carboxylic acids is 2. The normalized spacial score (nSPS) is 44.8. The Labute approximate surface area is 228 Å². The number of nitrogens with one attached hydrogen (secondary N) is 3. The maximum Gasteiger partial charge on any atom is 0.457 e. The van der Waals surface area contributed by atoms with Crippen LogP contribution >= 0.6 is 0 Å². The minimum Gasteiger partial charge on any atom is -0.405 e. The van der Waals surface area contributed by atoms with Crippen LogP contribution in [0.15, 0.2) is 0 Å². The quantitative estimate of drug-likeness (QED) is 0.433. The molecule has 3 N–H and O–H groups in total. The minimum atomic E-state index is -1.11. The molecule has 1 heterocycles. The number of alkyl halides is 1. The first kappa shape index (κ1) is 28.3. The zero-order valence-electron chi connectivity index (χ0n) is 24.7. The Morgan fingerprint density at radius 3 is 2.45 bits per heavy atom. The second-order valence-corrected chi connectivity index (χ2v) is 14.9. The third-order valence-electron chi connectivity index (χ3n) is 11.2. The molecule has 38 heavy (non-hydrogen) atoms. The highest BCUT2D eigenvalue weighted by Gasteiger charge is 2.68. The zero-order chi connectivity index (χ0) is 27.8. The molecule has 1 saturated heterocycles. The summed E-state index contributed by atoms with van der Waals surface area (Å²) in [7, 11) is 1.53. The second kappa shape index (κ2) is 9.44. The van der Waals surface area contributed by atoms with Crippen LogP contribution in [0.1, 0.15) is 87.0 Å². The fraction of sp³-hybridized carbons (Fsp3) is 0.931. The largest absolute Gasteiger partial charge is 0.457 e. The highest BCUT2D eigenvalue weighted by atomic mass is 19.1. The van der Waals surface area contributed by atoms with E-state index in [1.165, 1.54) is 13.3 Å². The zero-order valence-corrected chi connectivity index (χ0v) is 24.7. The first-order valence-electron chi connectivity index (χ1n) is 14.9. The molecular weight excluding hydrogens is 484 g/mol. The molecule has 0 spiro atoms. The predicted octanol–water partition coefficient (Wildman–Crippen LogP) is 3.87. The Hall–Kier alpha value is -1.19. The van der Waals surface area contributed by atoms with Crippen LogP contribution in [0.5, 0.6) is 0 Å². The summed E-state index contributed by atoms with van der Waals surface area (Å²) in [6.45, 7) is 14.2. The molecular formula is C29H49BFN3O4. The van der Waals surface area contributed by atoms with Crippen LogP contribution in [0.2, 0.25) is 6.32 Å². The lowest BCUT2D eigenvalue weighted by Gasteiger charge is -2.64. The number of rotatable bonds is 7. The molecule has 2 amide bonds. The lowest BCUT2D eigenvalue weighted by atomic mass is 9.43. The molecule has 9 heteroatoms. The Morgan fingerprint density at radius 1 is 1.13 bits per heavy atom. The molecule has 214 valence electrons. The summed E-state index contributed by atoms with van der Waals surface area (Å²) in [5.74, 6) is 0.243. The lowest BCUT2D eigenvalue weighted by molar-refractivity contribution is -0.199. The molecule has 1 unspecified atom stereocenters. The van der Waals surface area contributed by atoms with Crippen molar-refractivity contribution in [2.75, 3.05) is 7.05 Å². The Balaban J connectivity index is 1.33. The molecule has 5 saturated carbocycles. The summed E-state index contributed by atoms with van der Waals surface area (Å²) < 4.78 is 28.9. The van der Waals surface area contributed by atoms with Crippen LogP contribution in [0, 0.1) is 35.0 Å². The van der Waals surface area contributed by atoms with Crippen molar-refractivity contribution >= 4 is 18.9 Å². The highest BCUT2D eigenvalue weighted by molar-refractivity contribution is 6.45. The summed E-state index contributed by atoms with van der Waals surface area (Å²) in [5, 5.41) is 9.31. The molecule has 0 radical (unpaired) electrons. The predicted molar refractivity (Wildman–Crippen MR) is 146 cm³/mol. The number of amides is 2. The summed E-state index contributed by atoms with van der Waals surface area (Å²) in [5.41, 5.74) is -1.52. The fourth-order valence-corrected chi connectivity index (χ4v) is 9.33. The first-order chi connectivity index (χ1) is 17.6.